The highest BCUT2D eigenvalue weighted by molar-refractivity contribution is 4.87. The van der Waals surface area contributed by atoms with E-state index in [1.54, 1.807) is 6.33 Å². The van der Waals surface area contributed by atoms with Crippen LogP contribution >= 0.6 is 0 Å². The number of aliphatic hydroxyl groups is 1. The minimum atomic E-state index is -0.184. The van der Waals surface area contributed by atoms with Gasteiger partial charge in [-0.3, -0.25) is 4.90 Å². The van der Waals surface area contributed by atoms with Gasteiger partial charge in [0.1, 0.15) is 12.2 Å². The summed E-state index contributed by atoms with van der Waals surface area (Å²) in [6, 6.07) is 0. The van der Waals surface area contributed by atoms with Crippen LogP contribution in [0.25, 0.3) is 0 Å². The number of aromatic nitrogens is 3. The Morgan fingerprint density at radius 2 is 2.22 bits per heavy atom. The lowest BCUT2D eigenvalue weighted by Crippen LogP contribution is -2.31. The Kier molecular flexibility index (Phi) is 4.35. The van der Waals surface area contributed by atoms with Crippen molar-refractivity contribution in [2.24, 2.45) is 11.8 Å². The number of hydrogen-bond donors (Lipinski definition) is 1. The van der Waals surface area contributed by atoms with Crippen molar-refractivity contribution >= 4 is 0 Å². The Morgan fingerprint density at radius 1 is 1.50 bits per heavy atom. The normalized spacial score (nSPS) is 17.7. The van der Waals surface area contributed by atoms with Gasteiger partial charge in [0.15, 0.2) is 0 Å². The molecule has 0 aromatic carbocycles. The number of aliphatic hydroxyl groups excluding tert-OH is 1. The SMILES string of the molecule is CC(C)Cn1ncnc1CN(C)CC(O)C1CC1. The molecule has 0 bridgehead atoms. The molecule has 0 spiro atoms. The molecule has 18 heavy (non-hydrogen) atoms. The van der Waals surface area contributed by atoms with Crippen LogP contribution in [0.5, 0.6) is 0 Å². The zero-order valence-corrected chi connectivity index (χ0v) is 11.6. The molecular weight excluding hydrogens is 228 g/mol. The molecule has 1 heterocycles. The van der Waals surface area contributed by atoms with Crippen LogP contribution < -0.4 is 0 Å². The van der Waals surface area contributed by atoms with E-state index in [0.717, 1.165) is 25.5 Å². The average Bonchev–Trinajstić information content (AvgIpc) is 3.03. The molecule has 2 rings (SSSR count). The Bertz CT molecular complexity index is 373. The Morgan fingerprint density at radius 3 is 2.83 bits per heavy atom. The van der Waals surface area contributed by atoms with E-state index in [1.807, 2.05) is 11.7 Å². The third kappa shape index (κ3) is 3.78. The van der Waals surface area contributed by atoms with Crippen molar-refractivity contribution in [3.05, 3.63) is 12.2 Å². The number of likely N-dealkylation sites (N-methyl/N-ethyl adjacent to an activating group) is 1. The molecular formula is C13H24N4O. The van der Waals surface area contributed by atoms with Gasteiger partial charge in [0, 0.05) is 13.1 Å². The topological polar surface area (TPSA) is 54.2 Å². The summed E-state index contributed by atoms with van der Waals surface area (Å²) < 4.78 is 1.96. The molecule has 1 aromatic heterocycles. The molecule has 0 radical (unpaired) electrons. The lowest BCUT2D eigenvalue weighted by molar-refractivity contribution is 0.102. The zero-order valence-electron chi connectivity index (χ0n) is 11.6. The third-order valence-corrected chi connectivity index (χ3v) is 3.31. The molecule has 0 saturated heterocycles. The van der Waals surface area contributed by atoms with E-state index in [4.69, 9.17) is 0 Å². The van der Waals surface area contributed by atoms with E-state index in [-0.39, 0.29) is 6.10 Å². The van der Waals surface area contributed by atoms with E-state index in [0.29, 0.717) is 11.8 Å². The molecule has 5 heteroatoms. The van der Waals surface area contributed by atoms with Gasteiger partial charge in [-0.25, -0.2) is 9.67 Å². The van der Waals surface area contributed by atoms with Gasteiger partial charge >= 0.3 is 0 Å². The standard InChI is InChI=1S/C13H24N4O/c1-10(2)6-17-13(14-9-15-17)8-16(3)7-12(18)11-4-5-11/h9-12,18H,4-8H2,1-3H3. The molecule has 1 saturated carbocycles. The van der Waals surface area contributed by atoms with E-state index >= 15 is 0 Å². The Hall–Kier alpha value is -0.940. The third-order valence-electron chi connectivity index (χ3n) is 3.31. The van der Waals surface area contributed by atoms with Gasteiger partial charge in [0.25, 0.3) is 0 Å². The Labute approximate surface area is 109 Å². The molecule has 1 N–H and O–H groups in total. The van der Waals surface area contributed by atoms with Crippen LogP contribution in [0.2, 0.25) is 0 Å². The lowest BCUT2D eigenvalue weighted by Gasteiger charge is -2.20. The highest BCUT2D eigenvalue weighted by Gasteiger charge is 2.30. The fraction of sp³-hybridized carbons (Fsp3) is 0.846. The van der Waals surface area contributed by atoms with Gasteiger partial charge in [-0.1, -0.05) is 13.8 Å². The van der Waals surface area contributed by atoms with Crippen LogP contribution in [-0.2, 0) is 13.1 Å². The van der Waals surface area contributed by atoms with Crippen LogP contribution in [0.1, 0.15) is 32.5 Å². The van der Waals surface area contributed by atoms with Gasteiger partial charge in [0.05, 0.1) is 12.6 Å². The maximum absolute atomic E-state index is 9.92. The van der Waals surface area contributed by atoms with E-state index in [2.05, 4.69) is 28.8 Å². The van der Waals surface area contributed by atoms with Crippen molar-refractivity contribution in [3.8, 4) is 0 Å². The molecule has 1 aromatic rings. The predicted octanol–water partition coefficient (Wildman–Crippen LogP) is 1.14. The number of rotatable bonds is 7. The minimum Gasteiger partial charge on any atom is -0.392 e. The van der Waals surface area contributed by atoms with Gasteiger partial charge in [0.2, 0.25) is 0 Å². The first-order chi connectivity index (χ1) is 8.56. The number of nitrogens with zero attached hydrogens (tertiary/aromatic N) is 4. The van der Waals surface area contributed by atoms with Crippen molar-refractivity contribution in [1.29, 1.82) is 0 Å². The predicted molar refractivity (Wildman–Crippen MR) is 69.9 cm³/mol. The van der Waals surface area contributed by atoms with Gasteiger partial charge < -0.3 is 5.11 Å². The lowest BCUT2D eigenvalue weighted by atomic mass is 10.2. The van der Waals surface area contributed by atoms with Crippen LogP contribution in [0, 0.1) is 11.8 Å². The summed E-state index contributed by atoms with van der Waals surface area (Å²) in [5.41, 5.74) is 0. The highest BCUT2D eigenvalue weighted by atomic mass is 16.3. The summed E-state index contributed by atoms with van der Waals surface area (Å²) in [7, 11) is 2.03. The fourth-order valence-electron chi connectivity index (χ4n) is 2.16. The molecule has 102 valence electrons. The molecule has 5 nitrogen and oxygen atoms in total. The van der Waals surface area contributed by atoms with Gasteiger partial charge in [-0.15, -0.1) is 0 Å². The average molecular weight is 252 g/mol. The summed E-state index contributed by atoms with van der Waals surface area (Å²) >= 11 is 0. The summed E-state index contributed by atoms with van der Waals surface area (Å²) in [6.07, 6.45) is 3.79. The molecule has 1 fully saturated rings. The number of hydrogen-bond acceptors (Lipinski definition) is 4. The van der Waals surface area contributed by atoms with Gasteiger partial charge in [-0.05, 0) is 31.7 Å². The molecule has 1 unspecified atom stereocenters. The maximum atomic E-state index is 9.92. The first-order valence-electron chi connectivity index (χ1n) is 6.79. The summed E-state index contributed by atoms with van der Waals surface area (Å²) in [5.74, 6) is 2.07. The van der Waals surface area contributed by atoms with Crippen LogP contribution in [-0.4, -0.2) is 44.5 Å². The van der Waals surface area contributed by atoms with Crippen LogP contribution in [0.15, 0.2) is 6.33 Å². The van der Waals surface area contributed by atoms with Crippen LogP contribution in [0.3, 0.4) is 0 Å². The highest BCUT2D eigenvalue weighted by Crippen LogP contribution is 2.32. The maximum Gasteiger partial charge on any atom is 0.141 e. The minimum absolute atomic E-state index is 0.184. The van der Waals surface area contributed by atoms with Crippen molar-refractivity contribution in [3.63, 3.8) is 0 Å². The quantitative estimate of drug-likeness (QED) is 0.790. The molecule has 1 aliphatic rings. The van der Waals surface area contributed by atoms with Crippen molar-refractivity contribution in [2.45, 2.75) is 45.9 Å². The smallest absolute Gasteiger partial charge is 0.141 e. The summed E-state index contributed by atoms with van der Waals surface area (Å²) in [4.78, 5) is 6.43. The van der Waals surface area contributed by atoms with Crippen molar-refractivity contribution in [2.75, 3.05) is 13.6 Å². The fourth-order valence-corrected chi connectivity index (χ4v) is 2.16. The second-order valence-corrected chi connectivity index (χ2v) is 5.85. The van der Waals surface area contributed by atoms with Crippen LogP contribution in [0.4, 0.5) is 0 Å². The van der Waals surface area contributed by atoms with E-state index in [9.17, 15) is 5.11 Å². The summed E-state index contributed by atoms with van der Waals surface area (Å²) in [5, 5.41) is 14.2. The first kappa shape index (κ1) is 13.5. The second kappa shape index (κ2) is 5.80. The zero-order chi connectivity index (χ0) is 13.1. The largest absolute Gasteiger partial charge is 0.392 e. The van der Waals surface area contributed by atoms with Crippen molar-refractivity contribution in [1.82, 2.24) is 19.7 Å². The monoisotopic (exact) mass is 252 g/mol. The van der Waals surface area contributed by atoms with E-state index < -0.39 is 0 Å². The molecule has 0 amide bonds. The second-order valence-electron chi connectivity index (χ2n) is 5.85. The first-order valence-corrected chi connectivity index (χ1v) is 6.79. The molecule has 1 atom stereocenters. The Balaban J connectivity index is 1.85. The van der Waals surface area contributed by atoms with Gasteiger partial charge in [-0.2, -0.15) is 5.10 Å². The molecule has 1 aliphatic carbocycles. The van der Waals surface area contributed by atoms with Crippen molar-refractivity contribution < 1.29 is 5.11 Å². The molecule has 0 aliphatic heterocycles. The summed E-state index contributed by atoms with van der Waals surface area (Å²) in [6.45, 7) is 6.71. The van der Waals surface area contributed by atoms with E-state index in [1.165, 1.54) is 12.8 Å².